The van der Waals surface area contributed by atoms with Crippen LogP contribution in [0.1, 0.15) is 54.7 Å². The molecule has 1 saturated heterocycles. The van der Waals surface area contributed by atoms with Gasteiger partial charge in [0.25, 0.3) is 5.91 Å². The van der Waals surface area contributed by atoms with Gasteiger partial charge in [0.15, 0.2) is 0 Å². The molecule has 1 aliphatic carbocycles. The van der Waals surface area contributed by atoms with Gasteiger partial charge in [-0.25, -0.2) is 0 Å². The number of ether oxygens (including phenoxy) is 1. The smallest absolute Gasteiger partial charge is 0.405 e. The molecule has 6 nitrogen and oxygen atoms in total. The highest BCUT2D eigenvalue weighted by Gasteiger charge is 2.53. The Morgan fingerprint density at radius 1 is 1.31 bits per heavy atom. The van der Waals surface area contributed by atoms with Crippen molar-refractivity contribution in [2.45, 2.75) is 51.4 Å². The van der Waals surface area contributed by atoms with Gasteiger partial charge in [0, 0.05) is 25.6 Å². The Balaban J connectivity index is 1.61. The lowest BCUT2D eigenvalue weighted by atomic mass is 9.62. The van der Waals surface area contributed by atoms with Crippen LogP contribution in [-0.4, -0.2) is 45.0 Å². The molecule has 29 heavy (non-hydrogen) atoms. The molecule has 1 saturated carbocycles. The number of likely N-dealkylation sites (tertiary alicyclic amines) is 1. The summed E-state index contributed by atoms with van der Waals surface area (Å²) in [4.78, 5) is 14.8. The molecule has 156 valence electrons. The third kappa shape index (κ3) is 3.70. The van der Waals surface area contributed by atoms with E-state index in [1.807, 2.05) is 4.57 Å². The first-order valence-electron chi connectivity index (χ1n) is 9.85. The van der Waals surface area contributed by atoms with E-state index in [0.29, 0.717) is 13.1 Å². The zero-order valence-corrected chi connectivity index (χ0v) is 16.2. The average molecular weight is 408 g/mol. The molecule has 9 heteroatoms. The minimum absolute atomic E-state index is 0.0324. The Hall–Kier alpha value is -2.58. The molecule has 1 amide bonds. The molecule has 1 unspecified atom stereocenters. The first-order valence-corrected chi connectivity index (χ1v) is 9.85. The van der Waals surface area contributed by atoms with Gasteiger partial charge in [0.1, 0.15) is 17.9 Å². The Labute approximate surface area is 166 Å². The predicted molar refractivity (Wildman–Crippen MR) is 98.4 cm³/mol. The van der Waals surface area contributed by atoms with Crippen molar-refractivity contribution >= 4 is 5.91 Å². The Morgan fingerprint density at radius 3 is 2.72 bits per heavy atom. The topological polar surface area (TPSA) is 60.2 Å². The standard InChI is InChI=1S/C20H23F3N4O2/c1-2-10-26-13-24-25-17(26)15-11-27(12-19(15)8-5-9-19)18(28)14-6-3-4-7-16(14)29-20(21,22)23/h3-4,6-7,13,15H,2,5,8-12H2,1H3. The van der Waals surface area contributed by atoms with Gasteiger partial charge in [0.05, 0.1) is 5.56 Å². The van der Waals surface area contributed by atoms with E-state index in [4.69, 9.17) is 0 Å². The number of alkyl halides is 3. The van der Waals surface area contributed by atoms with Crippen LogP contribution in [0.25, 0.3) is 0 Å². The van der Waals surface area contributed by atoms with Crippen molar-refractivity contribution in [1.82, 2.24) is 19.7 Å². The van der Waals surface area contributed by atoms with Crippen LogP contribution < -0.4 is 4.74 Å². The number of halogens is 3. The van der Waals surface area contributed by atoms with E-state index in [-0.39, 0.29) is 16.9 Å². The maximum Gasteiger partial charge on any atom is 0.573 e. The third-order valence-electron chi connectivity index (χ3n) is 6.05. The number of rotatable bonds is 5. The van der Waals surface area contributed by atoms with Gasteiger partial charge < -0.3 is 14.2 Å². The van der Waals surface area contributed by atoms with E-state index in [9.17, 15) is 18.0 Å². The summed E-state index contributed by atoms with van der Waals surface area (Å²) in [6, 6.07) is 5.52. The number of nitrogens with zero attached hydrogens (tertiary/aromatic N) is 4. The number of carbonyl (C=O) groups excluding carboxylic acids is 1. The number of benzene rings is 1. The number of para-hydroxylation sites is 1. The van der Waals surface area contributed by atoms with Crippen LogP contribution in [0, 0.1) is 5.41 Å². The van der Waals surface area contributed by atoms with Gasteiger partial charge in [-0.1, -0.05) is 25.5 Å². The molecule has 1 aromatic heterocycles. The van der Waals surface area contributed by atoms with Gasteiger partial charge in [-0.05, 0) is 36.8 Å². The summed E-state index contributed by atoms with van der Waals surface area (Å²) in [5, 5.41) is 8.38. The molecule has 1 aliphatic heterocycles. The molecule has 0 bridgehead atoms. The van der Waals surface area contributed by atoms with E-state index in [0.717, 1.165) is 38.1 Å². The lowest BCUT2D eigenvalue weighted by Crippen LogP contribution is -2.38. The van der Waals surface area contributed by atoms with Crippen molar-refractivity contribution in [3.8, 4) is 5.75 Å². The SMILES string of the molecule is CCCn1cnnc1C1CN(C(=O)c2ccccc2OC(F)(F)F)CC12CCC2. The molecule has 0 N–H and O–H groups in total. The normalized spacial score (nSPS) is 20.7. The van der Waals surface area contributed by atoms with Crippen molar-refractivity contribution in [3.05, 3.63) is 42.0 Å². The monoisotopic (exact) mass is 408 g/mol. The van der Waals surface area contributed by atoms with Crippen LogP contribution in [0.2, 0.25) is 0 Å². The largest absolute Gasteiger partial charge is 0.573 e. The zero-order chi connectivity index (χ0) is 20.6. The molecule has 1 atom stereocenters. The van der Waals surface area contributed by atoms with Crippen molar-refractivity contribution < 1.29 is 22.7 Å². The third-order valence-corrected chi connectivity index (χ3v) is 6.05. The van der Waals surface area contributed by atoms with Gasteiger partial charge in [-0.3, -0.25) is 4.79 Å². The molecule has 4 rings (SSSR count). The van der Waals surface area contributed by atoms with E-state index in [1.165, 1.54) is 18.2 Å². The van der Waals surface area contributed by atoms with Crippen LogP contribution in [-0.2, 0) is 6.54 Å². The number of aryl methyl sites for hydroxylation is 1. The fourth-order valence-corrected chi connectivity index (χ4v) is 4.59. The maximum atomic E-state index is 13.1. The molecule has 1 spiro atoms. The van der Waals surface area contributed by atoms with E-state index < -0.39 is 18.0 Å². The van der Waals surface area contributed by atoms with Crippen LogP contribution in [0.3, 0.4) is 0 Å². The molecule has 2 aliphatic rings. The predicted octanol–water partition coefficient (Wildman–Crippen LogP) is 4.00. The van der Waals surface area contributed by atoms with E-state index >= 15 is 0 Å². The van der Waals surface area contributed by atoms with Gasteiger partial charge in [-0.15, -0.1) is 23.4 Å². The molecular formula is C20H23F3N4O2. The van der Waals surface area contributed by atoms with E-state index in [1.54, 1.807) is 17.3 Å². The Bertz CT molecular complexity index is 892. The van der Waals surface area contributed by atoms with Crippen LogP contribution in [0.15, 0.2) is 30.6 Å². The lowest BCUT2D eigenvalue weighted by molar-refractivity contribution is -0.274. The molecule has 2 heterocycles. The second-order valence-electron chi connectivity index (χ2n) is 7.88. The fourth-order valence-electron chi connectivity index (χ4n) is 4.59. The molecular weight excluding hydrogens is 385 g/mol. The number of aromatic nitrogens is 3. The minimum Gasteiger partial charge on any atom is -0.405 e. The van der Waals surface area contributed by atoms with Crippen molar-refractivity contribution in [2.75, 3.05) is 13.1 Å². The first-order chi connectivity index (χ1) is 13.8. The average Bonchev–Trinajstić information content (AvgIpc) is 3.24. The van der Waals surface area contributed by atoms with Crippen LogP contribution in [0.5, 0.6) is 5.75 Å². The number of hydrogen-bond donors (Lipinski definition) is 0. The number of hydrogen-bond acceptors (Lipinski definition) is 4. The summed E-state index contributed by atoms with van der Waals surface area (Å²) in [5.74, 6) is -0.0166. The lowest BCUT2D eigenvalue weighted by Gasteiger charge is -2.42. The maximum absolute atomic E-state index is 13.1. The highest BCUT2D eigenvalue weighted by molar-refractivity contribution is 5.97. The highest BCUT2D eigenvalue weighted by Crippen LogP contribution is 2.55. The first kappa shape index (κ1) is 19.7. The Kier molecular flexibility index (Phi) is 5.00. The van der Waals surface area contributed by atoms with Crippen molar-refractivity contribution in [3.63, 3.8) is 0 Å². The summed E-state index contributed by atoms with van der Waals surface area (Å²) in [6.45, 7) is 3.80. The van der Waals surface area contributed by atoms with Gasteiger partial charge >= 0.3 is 6.36 Å². The van der Waals surface area contributed by atoms with Crippen LogP contribution in [0.4, 0.5) is 13.2 Å². The molecule has 2 fully saturated rings. The zero-order valence-electron chi connectivity index (χ0n) is 16.2. The molecule has 0 radical (unpaired) electrons. The summed E-state index contributed by atoms with van der Waals surface area (Å²) in [7, 11) is 0. The second kappa shape index (κ2) is 7.35. The fraction of sp³-hybridized carbons (Fsp3) is 0.550. The second-order valence-corrected chi connectivity index (χ2v) is 7.88. The quantitative estimate of drug-likeness (QED) is 0.751. The Morgan fingerprint density at radius 2 is 2.07 bits per heavy atom. The molecule has 1 aromatic carbocycles. The summed E-state index contributed by atoms with van der Waals surface area (Å²) in [5.41, 5.74) is -0.149. The molecule has 2 aromatic rings. The highest BCUT2D eigenvalue weighted by atomic mass is 19.4. The van der Waals surface area contributed by atoms with Crippen molar-refractivity contribution in [1.29, 1.82) is 0 Å². The number of carbonyl (C=O) groups is 1. The van der Waals surface area contributed by atoms with Crippen molar-refractivity contribution in [2.24, 2.45) is 5.41 Å². The summed E-state index contributed by atoms with van der Waals surface area (Å²) < 4.78 is 44.4. The van der Waals surface area contributed by atoms with E-state index in [2.05, 4.69) is 21.9 Å². The van der Waals surface area contributed by atoms with Crippen LogP contribution >= 0.6 is 0 Å². The van der Waals surface area contributed by atoms with Gasteiger partial charge in [-0.2, -0.15) is 0 Å². The summed E-state index contributed by atoms with van der Waals surface area (Å²) in [6.07, 6.45) is 0.823. The number of amides is 1. The minimum atomic E-state index is -4.85. The summed E-state index contributed by atoms with van der Waals surface area (Å²) >= 11 is 0. The van der Waals surface area contributed by atoms with Gasteiger partial charge in [0.2, 0.25) is 0 Å².